The molecule has 0 aliphatic carbocycles. The minimum Gasteiger partial charge on any atom is -0.375 e. The summed E-state index contributed by atoms with van der Waals surface area (Å²) in [5, 5.41) is 2.77. The third-order valence-corrected chi connectivity index (χ3v) is 1.90. The number of halogens is 3. The second-order valence-corrected chi connectivity index (χ2v) is 3.65. The fraction of sp³-hybridized carbons (Fsp3) is 0.0909. The van der Waals surface area contributed by atoms with Crippen molar-refractivity contribution in [1.29, 1.82) is 0 Å². The Balaban J connectivity index is 2.89. The second kappa shape index (κ2) is 6.15. The monoisotopic (exact) mass is 273 g/mol. The summed E-state index contributed by atoms with van der Waals surface area (Å²) in [6, 6.07) is 8.55. The molecule has 0 spiro atoms. The number of nitrogens with zero attached hydrogens (tertiary/aromatic N) is 1. The van der Waals surface area contributed by atoms with Gasteiger partial charge in [-0.1, -0.05) is 36.4 Å². The maximum Gasteiger partial charge on any atom is 0.435 e. The van der Waals surface area contributed by atoms with E-state index in [1.165, 1.54) is 6.08 Å². The van der Waals surface area contributed by atoms with Crippen LogP contribution in [0.4, 0.5) is 13.2 Å². The summed E-state index contributed by atoms with van der Waals surface area (Å²) < 4.78 is 37.7. The summed E-state index contributed by atoms with van der Waals surface area (Å²) in [6.45, 7) is 0. The zero-order valence-electron chi connectivity index (χ0n) is 9.11. The first-order valence-corrected chi connectivity index (χ1v) is 5.24. The highest BCUT2D eigenvalue weighted by Gasteiger charge is 2.34. The molecule has 0 saturated carbocycles. The van der Waals surface area contributed by atoms with Crippen LogP contribution in [0.25, 0.3) is 6.08 Å². The van der Waals surface area contributed by atoms with Crippen LogP contribution in [-0.2, 0) is 0 Å². The highest BCUT2D eigenvalue weighted by Crippen LogP contribution is 2.18. The van der Waals surface area contributed by atoms with Crippen molar-refractivity contribution >= 4 is 29.1 Å². The van der Waals surface area contributed by atoms with Crippen LogP contribution in [0.2, 0.25) is 0 Å². The van der Waals surface area contributed by atoms with Gasteiger partial charge in [0.05, 0.1) is 0 Å². The minimum atomic E-state index is -4.58. The molecular weight excluding hydrogens is 263 g/mol. The molecular formula is C11H10F3N3S. The first-order valence-electron chi connectivity index (χ1n) is 4.83. The lowest BCUT2D eigenvalue weighted by atomic mass is 10.2. The van der Waals surface area contributed by atoms with Gasteiger partial charge in [-0.3, -0.25) is 5.43 Å². The average Bonchev–Trinajstić information content (AvgIpc) is 2.28. The number of hydrogen-bond acceptors (Lipinski definition) is 2. The first-order chi connectivity index (χ1) is 8.39. The van der Waals surface area contributed by atoms with Gasteiger partial charge in [0.1, 0.15) is 0 Å². The Bertz CT molecular complexity index is 466. The molecule has 0 amide bonds. The Kier molecular flexibility index (Phi) is 4.85. The SMILES string of the molecule is NC(=S)NN=C(C=Cc1ccccc1)C(F)(F)F. The molecule has 0 radical (unpaired) electrons. The summed E-state index contributed by atoms with van der Waals surface area (Å²) in [5.41, 5.74) is 6.44. The third kappa shape index (κ3) is 4.96. The molecule has 0 fully saturated rings. The summed E-state index contributed by atoms with van der Waals surface area (Å²) in [6.07, 6.45) is -2.43. The Morgan fingerprint density at radius 1 is 1.28 bits per heavy atom. The van der Waals surface area contributed by atoms with Crippen molar-refractivity contribution < 1.29 is 13.2 Å². The molecule has 0 unspecified atom stereocenters. The first kappa shape index (κ1) is 14.2. The number of nitrogens with one attached hydrogen (secondary N) is 1. The Hall–Kier alpha value is -1.89. The lowest BCUT2D eigenvalue weighted by molar-refractivity contribution is -0.0579. The highest BCUT2D eigenvalue weighted by molar-refractivity contribution is 7.80. The van der Waals surface area contributed by atoms with E-state index in [0.717, 1.165) is 6.08 Å². The van der Waals surface area contributed by atoms with Crippen molar-refractivity contribution in [3.05, 3.63) is 42.0 Å². The molecule has 1 rings (SSSR count). The van der Waals surface area contributed by atoms with Crippen LogP contribution < -0.4 is 11.2 Å². The molecule has 0 aliphatic heterocycles. The average molecular weight is 273 g/mol. The van der Waals surface area contributed by atoms with Crippen molar-refractivity contribution in [2.75, 3.05) is 0 Å². The van der Waals surface area contributed by atoms with Crippen LogP contribution in [-0.4, -0.2) is 17.0 Å². The number of rotatable bonds is 3. The van der Waals surface area contributed by atoms with E-state index in [9.17, 15) is 13.2 Å². The third-order valence-electron chi connectivity index (χ3n) is 1.81. The predicted molar refractivity (Wildman–Crippen MR) is 68.9 cm³/mol. The molecule has 0 aromatic heterocycles. The second-order valence-electron chi connectivity index (χ2n) is 3.21. The van der Waals surface area contributed by atoms with Gasteiger partial charge in [0.2, 0.25) is 0 Å². The van der Waals surface area contributed by atoms with E-state index in [0.29, 0.717) is 5.56 Å². The molecule has 0 heterocycles. The van der Waals surface area contributed by atoms with Crippen molar-refractivity contribution in [1.82, 2.24) is 5.43 Å². The summed E-state index contributed by atoms with van der Waals surface area (Å²) in [5.74, 6) is 0. The molecule has 96 valence electrons. The van der Waals surface area contributed by atoms with Gasteiger partial charge < -0.3 is 5.73 Å². The number of benzene rings is 1. The number of nitrogens with two attached hydrogens (primary N) is 1. The van der Waals surface area contributed by atoms with E-state index >= 15 is 0 Å². The predicted octanol–water partition coefficient (Wildman–Crippen LogP) is 2.45. The molecule has 7 heteroatoms. The van der Waals surface area contributed by atoms with Gasteiger partial charge in [0.25, 0.3) is 0 Å². The van der Waals surface area contributed by atoms with Gasteiger partial charge in [-0.15, -0.1) is 0 Å². The Labute approximate surface area is 107 Å². The smallest absolute Gasteiger partial charge is 0.375 e. The summed E-state index contributed by atoms with van der Waals surface area (Å²) in [7, 11) is 0. The van der Waals surface area contributed by atoms with Crippen LogP contribution in [0.1, 0.15) is 5.56 Å². The van der Waals surface area contributed by atoms with Crippen molar-refractivity contribution in [2.24, 2.45) is 10.8 Å². The van der Waals surface area contributed by atoms with Crippen molar-refractivity contribution in [2.45, 2.75) is 6.18 Å². The van der Waals surface area contributed by atoms with E-state index in [-0.39, 0.29) is 5.11 Å². The normalized spacial score (nSPS) is 12.7. The maximum atomic E-state index is 12.6. The van der Waals surface area contributed by atoms with E-state index in [1.54, 1.807) is 30.3 Å². The molecule has 0 bridgehead atoms. The molecule has 3 N–H and O–H groups in total. The zero-order chi connectivity index (χ0) is 13.6. The van der Waals surface area contributed by atoms with Crippen LogP contribution in [0.5, 0.6) is 0 Å². The number of hydrazone groups is 1. The molecule has 3 nitrogen and oxygen atoms in total. The lowest BCUT2D eigenvalue weighted by Gasteiger charge is -2.06. The molecule has 18 heavy (non-hydrogen) atoms. The molecule has 1 aromatic carbocycles. The number of allylic oxidation sites excluding steroid dienone is 1. The number of alkyl halides is 3. The van der Waals surface area contributed by atoms with E-state index in [2.05, 4.69) is 17.3 Å². The van der Waals surface area contributed by atoms with Crippen LogP contribution in [0, 0.1) is 0 Å². The largest absolute Gasteiger partial charge is 0.435 e. The topological polar surface area (TPSA) is 50.4 Å². The van der Waals surface area contributed by atoms with E-state index in [4.69, 9.17) is 5.73 Å². The quantitative estimate of drug-likeness (QED) is 0.505. The molecule has 1 aromatic rings. The van der Waals surface area contributed by atoms with Crippen LogP contribution >= 0.6 is 12.2 Å². The maximum absolute atomic E-state index is 12.6. The Morgan fingerprint density at radius 2 is 1.89 bits per heavy atom. The number of hydrogen-bond donors (Lipinski definition) is 2. The van der Waals surface area contributed by atoms with Gasteiger partial charge in [-0.25, -0.2) is 0 Å². The van der Waals surface area contributed by atoms with Gasteiger partial charge >= 0.3 is 6.18 Å². The molecule has 0 saturated heterocycles. The number of thiocarbonyl (C=S) groups is 1. The van der Waals surface area contributed by atoms with Crippen LogP contribution in [0.15, 0.2) is 41.5 Å². The molecule has 0 atom stereocenters. The minimum absolute atomic E-state index is 0.329. The van der Waals surface area contributed by atoms with Gasteiger partial charge in [-0.2, -0.15) is 18.3 Å². The van der Waals surface area contributed by atoms with Crippen molar-refractivity contribution in [3.63, 3.8) is 0 Å². The van der Waals surface area contributed by atoms with Gasteiger partial charge in [-0.05, 0) is 23.9 Å². The zero-order valence-corrected chi connectivity index (χ0v) is 9.92. The van der Waals surface area contributed by atoms with Crippen molar-refractivity contribution in [3.8, 4) is 0 Å². The van der Waals surface area contributed by atoms with E-state index in [1.807, 2.05) is 5.43 Å². The van der Waals surface area contributed by atoms with Gasteiger partial charge in [0, 0.05) is 0 Å². The fourth-order valence-corrected chi connectivity index (χ4v) is 1.10. The van der Waals surface area contributed by atoms with Crippen LogP contribution in [0.3, 0.4) is 0 Å². The van der Waals surface area contributed by atoms with Gasteiger partial charge in [0.15, 0.2) is 10.8 Å². The lowest BCUT2D eigenvalue weighted by Crippen LogP contribution is -2.29. The fourth-order valence-electron chi connectivity index (χ4n) is 1.05. The summed E-state index contributed by atoms with van der Waals surface area (Å²) in [4.78, 5) is 0. The highest BCUT2D eigenvalue weighted by atomic mass is 32.1. The summed E-state index contributed by atoms with van der Waals surface area (Å²) >= 11 is 4.38. The molecule has 0 aliphatic rings. The standard InChI is InChI=1S/C11H10F3N3S/c12-11(13,14)9(16-17-10(15)18)7-6-8-4-2-1-3-5-8/h1-7H,(H3,15,17,18). The Morgan fingerprint density at radius 3 is 2.39 bits per heavy atom. The van der Waals surface area contributed by atoms with E-state index < -0.39 is 11.9 Å².